The molecule has 0 bridgehead atoms. The minimum absolute atomic E-state index is 1.26. The summed E-state index contributed by atoms with van der Waals surface area (Å²) in [5.74, 6) is 0. The van der Waals surface area contributed by atoms with Crippen LogP contribution in [0.25, 0.3) is 0 Å². The number of unbranched alkanes of at least 4 members (excludes halogenated alkanes) is 1. The SMILES string of the molecule is C/C=C1/CCCC/C1=C/CCC. The monoisotopic (exact) mass is 164 g/mol. The van der Waals surface area contributed by atoms with Crippen molar-refractivity contribution < 1.29 is 0 Å². The minimum Gasteiger partial charge on any atom is -0.0842 e. The molecule has 1 rings (SSSR count). The maximum Gasteiger partial charge on any atom is -0.0279 e. The maximum atomic E-state index is 2.44. The van der Waals surface area contributed by atoms with Crippen molar-refractivity contribution in [2.75, 3.05) is 0 Å². The average Bonchev–Trinajstić information content (AvgIpc) is 2.15. The van der Waals surface area contributed by atoms with Gasteiger partial charge >= 0.3 is 0 Å². The van der Waals surface area contributed by atoms with Crippen LogP contribution >= 0.6 is 0 Å². The first-order valence-corrected chi connectivity index (χ1v) is 5.23. The Hall–Kier alpha value is -0.520. The Morgan fingerprint density at radius 3 is 2.42 bits per heavy atom. The lowest BCUT2D eigenvalue weighted by molar-refractivity contribution is 0.674. The molecule has 0 aliphatic heterocycles. The lowest BCUT2D eigenvalue weighted by Crippen LogP contribution is -1.98. The van der Waals surface area contributed by atoms with Crippen LogP contribution in [0.15, 0.2) is 23.3 Å². The molecule has 1 aliphatic rings. The molecule has 0 atom stereocenters. The van der Waals surface area contributed by atoms with Crippen molar-refractivity contribution in [1.29, 1.82) is 0 Å². The molecule has 1 saturated carbocycles. The van der Waals surface area contributed by atoms with Gasteiger partial charge in [0.1, 0.15) is 0 Å². The molecule has 0 saturated heterocycles. The van der Waals surface area contributed by atoms with Crippen molar-refractivity contribution in [3.05, 3.63) is 23.3 Å². The second-order valence-electron chi connectivity index (χ2n) is 3.54. The highest BCUT2D eigenvalue weighted by molar-refractivity contribution is 5.32. The first kappa shape index (κ1) is 9.57. The Bertz CT molecular complexity index is 184. The fourth-order valence-electron chi connectivity index (χ4n) is 1.83. The van der Waals surface area contributed by atoms with Crippen LogP contribution in [0.4, 0.5) is 0 Å². The van der Waals surface area contributed by atoms with Gasteiger partial charge in [-0.05, 0) is 50.2 Å². The van der Waals surface area contributed by atoms with E-state index in [0.717, 1.165) is 0 Å². The van der Waals surface area contributed by atoms with Crippen molar-refractivity contribution in [1.82, 2.24) is 0 Å². The minimum atomic E-state index is 1.26. The van der Waals surface area contributed by atoms with Gasteiger partial charge in [0, 0.05) is 0 Å². The molecule has 0 aromatic rings. The topological polar surface area (TPSA) is 0 Å². The van der Waals surface area contributed by atoms with Gasteiger partial charge in [-0.3, -0.25) is 0 Å². The summed E-state index contributed by atoms with van der Waals surface area (Å²) in [5, 5.41) is 0. The highest BCUT2D eigenvalue weighted by Crippen LogP contribution is 2.28. The first-order valence-electron chi connectivity index (χ1n) is 5.23. The van der Waals surface area contributed by atoms with Gasteiger partial charge in [-0.1, -0.05) is 25.5 Å². The van der Waals surface area contributed by atoms with Crippen LogP contribution in [0.3, 0.4) is 0 Å². The number of rotatable bonds is 2. The highest BCUT2D eigenvalue weighted by Gasteiger charge is 2.09. The molecule has 1 aliphatic carbocycles. The molecule has 68 valence electrons. The standard InChI is InChI=1S/C12H20/c1-3-5-8-12-10-7-6-9-11(12)4-2/h4,8H,3,5-7,9-10H2,1-2H3/b11-4-,12-8-. The van der Waals surface area contributed by atoms with Gasteiger partial charge in [-0.15, -0.1) is 0 Å². The fraction of sp³-hybridized carbons (Fsp3) is 0.667. The average molecular weight is 164 g/mol. The molecule has 0 radical (unpaired) electrons. The fourth-order valence-corrected chi connectivity index (χ4v) is 1.83. The van der Waals surface area contributed by atoms with Crippen molar-refractivity contribution >= 4 is 0 Å². The van der Waals surface area contributed by atoms with E-state index < -0.39 is 0 Å². The molecular weight excluding hydrogens is 144 g/mol. The molecule has 0 unspecified atom stereocenters. The predicted molar refractivity (Wildman–Crippen MR) is 55.2 cm³/mol. The largest absolute Gasteiger partial charge is 0.0842 e. The summed E-state index contributed by atoms with van der Waals surface area (Å²) < 4.78 is 0. The molecule has 0 nitrogen and oxygen atoms in total. The zero-order valence-corrected chi connectivity index (χ0v) is 8.40. The van der Waals surface area contributed by atoms with Crippen LogP contribution in [-0.4, -0.2) is 0 Å². The molecule has 0 heterocycles. The van der Waals surface area contributed by atoms with Gasteiger partial charge in [0.05, 0.1) is 0 Å². The van der Waals surface area contributed by atoms with Gasteiger partial charge in [0.25, 0.3) is 0 Å². The van der Waals surface area contributed by atoms with Crippen LogP contribution in [-0.2, 0) is 0 Å². The molecular formula is C12H20. The quantitative estimate of drug-likeness (QED) is 0.573. The Morgan fingerprint density at radius 2 is 1.83 bits per heavy atom. The van der Waals surface area contributed by atoms with E-state index in [9.17, 15) is 0 Å². The Labute approximate surface area is 76.4 Å². The second kappa shape index (κ2) is 5.18. The summed E-state index contributed by atoms with van der Waals surface area (Å²) in [6.07, 6.45) is 12.7. The lowest BCUT2D eigenvalue weighted by atomic mass is 9.88. The molecule has 0 spiro atoms. The first-order chi connectivity index (χ1) is 5.88. The van der Waals surface area contributed by atoms with E-state index in [1.807, 2.05) is 0 Å². The smallest absolute Gasteiger partial charge is 0.0279 e. The summed E-state index contributed by atoms with van der Waals surface area (Å²) in [7, 11) is 0. The molecule has 0 N–H and O–H groups in total. The van der Waals surface area contributed by atoms with Crippen LogP contribution < -0.4 is 0 Å². The van der Waals surface area contributed by atoms with Crippen LogP contribution in [0.1, 0.15) is 52.4 Å². The molecule has 0 heteroatoms. The van der Waals surface area contributed by atoms with Gasteiger partial charge in [-0.25, -0.2) is 0 Å². The van der Waals surface area contributed by atoms with Crippen molar-refractivity contribution in [3.63, 3.8) is 0 Å². The van der Waals surface area contributed by atoms with Crippen LogP contribution in [0.2, 0.25) is 0 Å². The summed E-state index contributed by atoms with van der Waals surface area (Å²) in [4.78, 5) is 0. The predicted octanol–water partition coefficient (Wildman–Crippen LogP) is 4.23. The van der Waals surface area contributed by atoms with Crippen molar-refractivity contribution in [2.24, 2.45) is 0 Å². The van der Waals surface area contributed by atoms with Gasteiger partial charge in [0.15, 0.2) is 0 Å². The summed E-state index contributed by atoms with van der Waals surface area (Å²) in [5.41, 5.74) is 3.24. The van der Waals surface area contributed by atoms with E-state index in [-0.39, 0.29) is 0 Å². The third kappa shape index (κ3) is 2.51. The maximum absolute atomic E-state index is 2.44. The number of hydrogen-bond acceptors (Lipinski definition) is 0. The second-order valence-corrected chi connectivity index (χ2v) is 3.54. The zero-order valence-electron chi connectivity index (χ0n) is 8.40. The van der Waals surface area contributed by atoms with Crippen LogP contribution in [0, 0.1) is 0 Å². The zero-order chi connectivity index (χ0) is 8.81. The molecule has 1 fully saturated rings. The van der Waals surface area contributed by atoms with E-state index in [2.05, 4.69) is 26.0 Å². The molecule has 0 aromatic carbocycles. The number of allylic oxidation sites excluding steroid dienone is 4. The lowest BCUT2D eigenvalue weighted by Gasteiger charge is -2.17. The third-order valence-corrected chi connectivity index (χ3v) is 2.58. The van der Waals surface area contributed by atoms with E-state index >= 15 is 0 Å². The van der Waals surface area contributed by atoms with Gasteiger partial charge in [0.2, 0.25) is 0 Å². The van der Waals surface area contributed by atoms with Gasteiger partial charge in [-0.2, -0.15) is 0 Å². The molecule has 0 aromatic heterocycles. The summed E-state index contributed by atoms with van der Waals surface area (Å²) in [6, 6.07) is 0. The Morgan fingerprint density at radius 1 is 1.17 bits per heavy atom. The number of hydrogen-bond donors (Lipinski definition) is 0. The van der Waals surface area contributed by atoms with E-state index in [0.29, 0.717) is 0 Å². The normalized spacial score (nSPS) is 25.2. The van der Waals surface area contributed by atoms with Crippen molar-refractivity contribution in [3.8, 4) is 0 Å². The van der Waals surface area contributed by atoms with E-state index in [1.54, 1.807) is 11.1 Å². The summed E-state index contributed by atoms with van der Waals surface area (Å²) in [6.45, 7) is 4.41. The highest BCUT2D eigenvalue weighted by atomic mass is 14.1. The third-order valence-electron chi connectivity index (χ3n) is 2.58. The summed E-state index contributed by atoms with van der Waals surface area (Å²) >= 11 is 0. The van der Waals surface area contributed by atoms with Crippen LogP contribution in [0.5, 0.6) is 0 Å². The van der Waals surface area contributed by atoms with E-state index in [4.69, 9.17) is 0 Å². The Balaban J connectivity index is 2.59. The van der Waals surface area contributed by atoms with E-state index in [1.165, 1.54) is 38.5 Å². The van der Waals surface area contributed by atoms with Gasteiger partial charge < -0.3 is 0 Å². The molecule has 12 heavy (non-hydrogen) atoms. The Kier molecular flexibility index (Phi) is 4.13. The van der Waals surface area contributed by atoms with Crippen molar-refractivity contribution in [2.45, 2.75) is 52.4 Å². The molecule has 0 amide bonds.